The number of likely N-dealkylation sites (N-methyl/N-ethyl adjacent to an activating group) is 1. The van der Waals surface area contributed by atoms with Gasteiger partial charge in [-0.3, -0.25) is 4.79 Å². The molecule has 4 heteroatoms. The number of unbranched alkanes of at least 4 members (excludes halogenated alkanes) is 5. The van der Waals surface area contributed by atoms with Crippen molar-refractivity contribution in [3.63, 3.8) is 0 Å². The van der Waals surface area contributed by atoms with Gasteiger partial charge >= 0.3 is 0 Å². The minimum absolute atomic E-state index is 0.249. The maximum absolute atomic E-state index is 12.5. The largest absolute Gasteiger partial charge is 0.497 e. The van der Waals surface area contributed by atoms with Crippen molar-refractivity contribution in [3.05, 3.63) is 66.4 Å². The highest BCUT2D eigenvalue weighted by Crippen LogP contribution is 2.24. The number of amides is 1. The Hall–Kier alpha value is -2.75. The van der Waals surface area contributed by atoms with Crippen LogP contribution < -0.4 is 4.74 Å². The Morgan fingerprint density at radius 3 is 2.44 bits per heavy atom. The molecule has 1 heterocycles. The van der Waals surface area contributed by atoms with Crippen molar-refractivity contribution in [1.82, 2.24) is 9.88 Å². The minimum Gasteiger partial charge on any atom is -0.497 e. The van der Waals surface area contributed by atoms with Crippen LogP contribution in [0.4, 0.5) is 0 Å². The summed E-state index contributed by atoms with van der Waals surface area (Å²) in [5.41, 5.74) is 2.33. The van der Waals surface area contributed by atoms with Crippen molar-refractivity contribution in [2.75, 3.05) is 20.7 Å². The molecular formula is C30H44N2O2. The number of aromatic amines is 1. The Labute approximate surface area is 206 Å². The summed E-state index contributed by atoms with van der Waals surface area (Å²) in [5, 5.41) is 1.17. The highest BCUT2D eigenvalue weighted by Gasteiger charge is 2.11. The van der Waals surface area contributed by atoms with E-state index in [1.54, 1.807) is 7.11 Å². The van der Waals surface area contributed by atoms with Gasteiger partial charge in [0.25, 0.3) is 0 Å². The molecule has 1 aromatic carbocycles. The summed E-state index contributed by atoms with van der Waals surface area (Å²) in [5.74, 6) is 1.11. The van der Waals surface area contributed by atoms with Gasteiger partial charge < -0.3 is 14.6 Å². The number of nitrogens with one attached hydrogen (secondary N) is 1. The van der Waals surface area contributed by atoms with Crippen molar-refractivity contribution in [3.8, 4) is 5.75 Å². The number of fused-ring (bicyclic) bond motifs is 1. The van der Waals surface area contributed by atoms with Crippen LogP contribution in [0.1, 0.15) is 76.7 Å². The van der Waals surface area contributed by atoms with Gasteiger partial charge in [-0.15, -0.1) is 0 Å². The van der Waals surface area contributed by atoms with Crippen LogP contribution in [0.3, 0.4) is 0 Å². The normalized spacial score (nSPS) is 12.0. The first-order valence-corrected chi connectivity index (χ1v) is 13.0. The van der Waals surface area contributed by atoms with Crippen LogP contribution in [-0.4, -0.2) is 36.5 Å². The predicted octanol–water partition coefficient (Wildman–Crippen LogP) is 7.77. The number of aromatic nitrogens is 1. The molecule has 1 amide bonds. The highest BCUT2D eigenvalue weighted by molar-refractivity contribution is 5.84. The first kappa shape index (κ1) is 27.5. The third kappa shape index (κ3) is 10.5. The molecule has 0 atom stereocenters. The van der Waals surface area contributed by atoms with Gasteiger partial charge in [-0.25, -0.2) is 0 Å². The average molecular weight is 465 g/mol. The summed E-state index contributed by atoms with van der Waals surface area (Å²) in [4.78, 5) is 17.7. The molecule has 0 saturated heterocycles. The molecule has 0 spiro atoms. The fourth-order valence-electron chi connectivity index (χ4n) is 3.99. The average Bonchev–Trinajstić information content (AvgIpc) is 3.26. The molecule has 0 radical (unpaired) electrons. The molecule has 1 N–H and O–H groups in total. The summed E-state index contributed by atoms with van der Waals surface area (Å²) in [6.07, 6.45) is 27.2. The third-order valence-corrected chi connectivity index (χ3v) is 6.16. The first-order valence-electron chi connectivity index (χ1n) is 13.0. The molecular weight excluding hydrogens is 420 g/mol. The van der Waals surface area contributed by atoms with Gasteiger partial charge in [-0.2, -0.15) is 0 Å². The molecule has 1 aromatic heterocycles. The molecule has 4 nitrogen and oxygen atoms in total. The second-order valence-corrected chi connectivity index (χ2v) is 8.89. The maximum atomic E-state index is 12.5. The number of ether oxygens (including phenoxy) is 1. The van der Waals surface area contributed by atoms with Crippen LogP contribution in [-0.2, 0) is 11.2 Å². The Kier molecular flexibility index (Phi) is 13.6. The van der Waals surface area contributed by atoms with Crippen LogP contribution >= 0.6 is 0 Å². The van der Waals surface area contributed by atoms with Crippen molar-refractivity contribution in [2.24, 2.45) is 0 Å². The quantitative estimate of drug-likeness (QED) is 0.192. The SMILES string of the molecule is CC/C=C\C/C=C\C/C=C\CCCCCCCC(=O)N(C)CCc1c[nH]c2ccc(OC)cc12. The molecule has 2 aromatic rings. The van der Waals surface area contributed by atoms with Gasteiger partial charge in [-0.05, 0) is 68.7 Å². The number of rotatable bonds is 17. The van der Waals surface area contributed by atoms with Crippen molar-refractivity contribution < 1.29 is 9.53 Å². The smallest absolute Gasteiger partial charge is 0.222 e. The van der Waals surface area contributed by atoms with E-state index in [0.717, 1.165) is 62.8 Å². The molecule has 186 valence electrons. The summed E-state index contributed by atoms with van der Waals surface area (Å²) >= 11 is 0. The van der Waals surface area contributed by atoms with Crippen LogP contribution in [0.5, 0.6) is 5.75 Å². The monoisotopic (exact) mass is 464 g/mol. The maximum Gasteiger partial charge on any atom is 0.222 e. The zero-order valence-electron chi connectivity index (χ0n) is 21.5. The fraction of sp³-hybridized carbons (Fsp3) is 0.500. The highest BCUT2D eigenvalue weighted by atomic mass is 16.5. The molecule has 0 saturated carbocycles. The summed E-state index contributed by atoms with van der Waals surface area (Å²) in [6, 6.07) is 6.06. The van der Waals surface area contributed by atoms with Crippen LogP contribution in [0.25, 0.3) is 10.9 Å². The van der Waals surface area contributed by atoms with E-state index in [9.17, 15) is 4.79 Å². The standard InChI is InChI=1S/C30H44N2O2/c1-4-5-6-7-8-9-10-11-12-13-14-15-16-17-18-19-30(33)32(2)23-22-26-25-31-29-21-20-27(34-3)24-28(26)29/h5-6,8-9,11-12,20-21,24-25,31H,4,7,10,13-19,22-23H2,1-3H3/b6-5-,9-8-,12-11-. The lowest BCUT2D eigenvalue weighted by molar-refractivity contribution is -0.130. The molecule has 0 aliphatic rings. The third-order valence-electron chi connectivity index (χ3n) is 6.16. The predicted molar refractivity (Wildman–Crippen MR) is 145 cm³/mol. The van der Waals surface area contributed by atoms with Gasteiger partial charge in [0.15, 0.2) is 0 Å². The number of benzene rings is 1. The van der Waals surface area contributed by atoms with E-state index in [4.69, 9.17) is 4.74 Å². The van der Waals surface area contributed by atoms with Gasteiger partial charge in [0.05, 0.1) is 7.11 Å². The van der Waals surface area contributed by atoms with Crippen LogP contribution in [0.2, 0.25) is 0 Å². The summed E-state index contributed by atoms with van der Waals surface area (Å²) < 4.78 is 5.34. The second kappa shape index (κ2) is 16.8. The van der Waals surface area contributed by atoms with E-state index in [1.807, 2.05) is 30.3 Å². The number of carbonyl (C=O) groups is 1. The number of allylic oxidation sites excluding steroid dienone is 6. The molecule has 0 bridgehead atoms. The first-order chi connectivity index (χ1) is 16.7. The molecule has 34 heavy (non-hydrogen) atoms. The number of H-pyrrole nitrogens is 1. The Morgan fingerprint density at radius 1 is 0.971 bits per heavy atom. The van der Waals surface area contributed by atoms with Crippen molar-refractivity contribution in [2.45, 2.75) is 77.6 Å². The molecule has 0 unspecified atom stereocenters. The van der Waals surface area contributed by atoms with Crippen molar-refractivity contribution in [1.29, 1.82) is 0 Å². The van der Waals surface area contributed by atoms with Crippen molar-refractivity contribution >= 4 is 16.8 Å². The molecule has 0 aliphatic heterocycles. The molecule has 2 rings (SSSR count). The Morgan fingerprint density at radius 2 is 1.68 bits per heavy atom. The van der Waals surface area contributed by atoms with E-state index in [1.165, 1.54) is 30.2 Å². The minimum atomic E-state index is 0.249. The van der Waals surface area contributed by atoms with E-state index in [2.05, 4.69) is 54.4 Å². The van der Waals surface area contributed by atoms with Gasteiger partial charge in [0.2, 0.25) is 5.91 Å². The number of carbonyl (C=O) groups excluding carboxylic acids is 1. The van der Waals surface area contributed by atoms with E-state index in [0.29, 0.717) is 6.42 Å². The topological polar surface area (TPSA) is 45.3 Å². The molecule has 0 fully saturated rings. The lowest BCUT2D eigenvalue weighted by Gasteiger charge is -2.17. The number of nitrogens with zero attached hydrogens (tertiary/aromatic N) is 1. The van der Waals surface area contributed by atoms with E-state index >= 15 is 0 Å². The summed E-state index contributed by atoms with van der Waals surface area (Å²) in [7, 11) is 3.60. The fourth-order valence-corrected chi connectivity index (χ4v) is 3.99. The molecule has 0 aliphatic carbocycles. The zero-order valence-corrected chi connectivity index (χ0v) is 21.5. The van der Waals surface area contributed by atoms with E-state index in [-0.39, 0.29) is 5.91 Å². The van der Waals surface area contributed by atoms with Gasteiger partial charge in [0.1, 0.15) is 5.75 Å². The zero-order chi connectivity index (χ0) is 24.4. The number of methoxy groups -OCH3 is 1. The Bertz CT molecular complexity index is 923. The lowest BCUT2D eigenvalue weighted by atomic mass is 10.1. The second-order valence-electron chi connectivity index (χ2n) is 8.89. The van der Waals surface area contributed by atoms with Gasteiger partial charge in [0, 0.05) is 37.1 Å². The van der Waals surface area contributed by atoms with Gasteiger partial charge in [-0.1, -0.05) is 62.6 Å². The number of hydrogen-bond donors (Lipinski definition) is 1. The van der Waals surface area contributed by atoms with Crippen LogP contribution in [0, 0.1) is 0 Å². The lowest BCUT2D eigenvalue weighted by Crippen LogP contribution is -2.28. The number of hydrogen-bond acceptors (Lipinski definition) is 2. The van der Waals surface area contributed by atoms with Crippen LogP contribution in [0.15, 0.2) is 60.9 Å². The Balaban J connectivity index is 1.51. The summed E-state index contributed by atoms with van der Waals surface area (Å²) in [6.45, 7) is 2.90. The van der Waals surface area contributed by atoms with E-state index < -0.39 is 0 Å².